The standard InChI is InChI=1S/C16H18N4O2/c1-10-14(15-12(18-10)3-2-4-13(15)21)16(22)19-5-6-20-9-17-7-11(20)8-19/h7,9,18H,2-6,8H2,1H3. The molecule has 0 spiro atoms. The van der Waals surface area contributed by atoms with Gasteiger partial charge in [-0.3, -0.25) is 9.59 Å². The van der Waals surface area contributed by atoms with Crippen LogP contribution in [0.1, 0.15) is 50.6 Å². The number of amides is 1. The van der Waals surface area contributed by atoms with Crippen molar-refractivity contribution in [1.29, 1.82) is 0 Å². The van der Waals surface area contributed by atoms with E-state index in [0.29, 0.717) is 30.6 Å². The van der Waals surface area contributed by atoms with Crippen molar-refractivity contribution in [3.63, 3.8) is 0 Å². The summed E-state index contributed by atoms with van der Waals surface area (Å²) in [6.07, 6.45) is 5.84. The van der Waals surface area contributed by atoms with E-state index in [1.54, 1.807) is 12.5 Å². The molecule has 0 aromatic carbocycles. The number of ketones is 1. The van der Waals surface area contributed by atoms with Crippen LogP contribution in [0.2, 0.25) is 0 Å². The number of hydrogen-bond acceptors (Lipinski definition) is 3. The second kappa shape index (κ2) is 4.83. The van der Waals surface area contributed by atoms with Crippen LogP contribution in [-0.4, -0.2) is 37.7 Å². The second-order valence-corrected chi connectivity index (χ2v) is 6.06. The molecule has 1 aliphatic carbocycles. The lowest BCUT2D eigenvalue weighted by atomic mass is 9.92. The van der Waals surface area contributed by atoms with E-state index < -0.39 is 0 Å². The average Bonchev–Trinajstić information content (AvgIpc) is 3.09. The third-order valence-electron chi connectivity index (χ3n) is 4.64. The van der Waals surface area contributed by atoms with Gasteiger partial charge >= 0.3 is 0 Å². The summed E-state index contributed by atoms with van der Waals surface area (Å²) in [5.41, 5.74) is 3.98. The third kappa shape index (κ3) is 1.90. The van der Waals surface area contributed by atoms with Gasteiger partial charge in [0.2, 0.25) is 0 Å². The summed E-state index contributed by atoms with van der Waals surface area (Å²) in [5.74, 6) is 0.0497. The fourth-order valence-electron chi connectivity index (χ4n) is 3.52. The quantitative estimate of drug-likeness (QED) is 0.871. The van der Waals surface area contributed by atoms with Crippen molar-refractivity contribution in [2.24, 2.45) is 0 Å². The van der Waals surface area contributed by atoms with Crippen LogP contribution in [0.15, 0.2) is 12.5 Å². The van der Waals surface area contributed by atoms with Crippen molar-refractivity contribution in [3.05, 3.63) is 40.7 Å². The molecule has 1 aliphatic heterocycles. The van der Waals surface area contributed by atoms with Crippen LogP contribution in [-0.2, 0) is 19.5 Å². The second-order valence-electron chi connectivity index (χ2n) is 6.06. The molecule has 2 aromatic rings. The van der Waals surface area contributed by atoms with Crippen LogP contribution in [0.5, 0.6) is 0 Å². The summed E-state index contributed by atoms with van der Waals surface area (Å²) in [5, 5.41) is 0. The van der Waals surface area contributed by atoms with Crippen LogP contribution in [0.25, 0.3) is 0 Å². The van der Waals surface area contributed by atoms with Gasteiger partial charge in [-0.15, -0.1) is 0 Å². The van der Waals surface area contributed by atoms with Crippen molar-refractivity contribution >= 4 is 11.7 Å². The van der Waals surface area contributed by atoms with Crippen molar-refractivity contribution in [2.45, 2.75) is 39.3 Å². The molecule has 3 heterocycles. The van der Waals surface area contributed by atoms with Gasteiger partial charge in [0, 0.05) is 37.1 Å². The smallest absolute Gasteiger partial charge is 0.256 e. The predicted molar refractivity (Wildman–Crippen MR) is 79.8 cm³/mol. The number of carbonyl (C=O) groups is 2. The SMILES string of the molecule is Cc1[nH]c2c(c1C(=O)N1CCn3cncc3C1)C(=O)CCC2. The Morgan fingerprint density at radius 2 is 2.18 bits per heavy atom. The Bertz CT molecular complexity index is 771. The number of imidazole rings is 1. The van der Waals surface area contributed by atoms with Crippen LogP contribution in [0.4, 0.5) is 0 Å². The summed E-state index contributed by atoms with van der Waals surface area (Å²) in [7, 11) is 0. The highest BCUT2D eigenvalue weighted by Gasteiger charge is 2.31. The minimum Gasteiger partial charge on any atom is -0.361 e. The van der Waals surface area contributed by atoms with Crippen molar-refractivity contribution < 1.29 is 9.59 Å². The van der Waals surface area contributed by atoms with Gasteiger partial charge < -0.3 is 14.5 Å². The van der Waals surface area contributed by atoms with E-state index in [2.05, 4.69) is 14.5 Å². The molecule has 1 N–H and O–H groups in total. The lowest BCUT2D eigenvalue weighted by molar-refractivity contribution is 0.0705. The number of nitrogens with one attached hydrogen (secondary N) is 1. The largest absolute Gasteiger partial charge is 0.361 e. The number of aryl methyl sites for hydroxylation is 2. The zero-order valence-electron chi connectivity index (χ0n) is 12.6. The molecule has 0 unspecified atom stereocenters. The third-order valence-corrected chi connectivity index (χ3v) is 4.64. The number of Topliss-reactive ketones (excluding diaryl/α,β-unsaturated/α-hetero) is 1. The van der Waals surface area contributed by atoms with E-state index in [9.17, 15) is 9.59 Å². The Hall–Kier alpha value is -2.37. The summed E-state index contributed by atoms with van der Waals surface area (Å²) >= 11 is 0. The highest BCUT2D eigenvalue weighted by Crippen LogP contribution is 2.28. The van der Waals surface area contributed by atoms with E-state index in [1.165, 1.54) is 0 Å². The molecule has 0 bridgehead atoms. The normalized spacial score (nSPS) is 17.3. The average molecular weight is 298 g/mol. The number of carbonyl (C=O) groups excluding carboxylic acids is 2. The van der Waals surface area contributed by atoms with Gasteiger partial charge in [-0.05, 0) is 19.8 Å². The van der Waals surface area contributed by atoms with Crippen LogP contribution in [0, 0.1) is 6.92 Å². The first kappa shape index (κ1) is 13.3. The van der Waals surface area contributed by atoms with E-state index in [4.69, 9.17) is 0 Å². The van der Waals surface area contributed by atoms with Gasteiger partial charge in [0.25, 0.3) is 5.91 Å². The van der Waals surface area contributed by atoms with Crippen molar-refractivity contribution in [1.82, 2.24) is 19.4 Å². The monoisotopic (exact) mass is 298 g/mol. The molecule has 0 atom stereocenters. The fourth-order valence-corrected chi connectivity index (χ4v) is 3.52. The van der Waals surface area contributed by atoms with Gasteiger partial charge in [0.15, 0.2) is 5.78 Å². The number of hydrogen-bond donors (Lipinski definition) is 1. The maximum Gasteiger partial charge on any atom is 0.256 e. The molecule has 0 radical (unpaired) electrons. The number of rotatable bonds is 1. The Labute approximate surface area is 128 Å². The topological polar surface area (TPSA) is 71.0 Å². The maximum absolute atomic E-state index is 13.0. The molecule has 0 saturated heterocycles. The zero-order valence-corrected chi connectivity index (χ0v) is 12.6. The van der Waals surface area contributed by atoms with Crippen molar-refractivity contribution in [2.75, 3.05) is 6.54 Å². The number of aromatic amines is 1. The molecule has 0 fully saturated rings. The molecule has 1 amide bonds. The molecular formula is C16H18N4O2. The minimum atomic E-state index is -0.0438. The van der Waals surface area contributed by atoms with Crippen molar-refractivity contribution in [3.8, 4) is 0 Å². The lowest BCUT2D eigenvalue weighted by Crippen LogP contribution is -2.38. The zero-order chi connectivity index (χ0) is 15.3. The summed E-state index contributed by atoms with van der Waals surface area (Å²) in [6.45, 7) is 3.83. The first-order valence-corrected chi connectivity index (χ1v) is 7.68. The first-order valence-electron chi connectivity index (χ1n) is 7.68. The highest BCUT2D eigenvalue weighted by atomic mass is 16.2. The fraction of sp³-hybridized carbons (Fsp3) is 0.438. The Balaban J connectivity index is 1.70. The number of aromatic nitrogens is 3. The van der Waals surface area contributed by atoms with E-state index in [1.807, 2.05) is 11.8 Å². The molecule has 6 heteroatoms. The number of H-pyrrole nitrogens is 1. The van der Waals surface area contributed by atoms with Crippen LogP contribution in [0.3, 0.4) is 0 Å². The molecule has 2 aromatic heterocycles. The van der Waals surface area contributed by atoms with Gasteiger partial charge in [-0.25, -0.2) is 4.98 Å². The van der Waals surface area contributed by atoms with E-state index in [0.717, 1.165) is 36.5 Å². The molecule has 22 heavy (non-hydrogen) atoms. The highest BCUT2D eigenvalue weighted by molar-refractivity contribution is 6.10. The van der Waals surface area contributed by atoms with Gasteiger partial charge in [0.1, 0.15) is 0 Å². The molecule has 4 rings (SSSR count). The molecule has 2 aliphatic rings. The number of nitrogens with zero attached hydrogens (tertiary/aromatic N) is 3. The van der Waals surface area contributed by atoms with Gasteiger partial charge in [0.05, 0.1) is 29.7 Å². The Morgan fingerprint density at radius 3 is 3.05 bits per heavy atom. The maximum atomic E-state index is 13.0. The van der Waals surface area contributed by atoms with Gasteiger partial charge in [-0.1, -0.05) is 0 Å². The molecule has 6 nitrogen and oxygen atoms in total. The summed E-state index contributed by atoms with van der Waals surface area (Å²) in [4.78, 5) is 34.4. The lowest BCUT2D eigenvalue weighted by Gasteiger charge is -2.28. The van der Waals surface area contributed by atoms with Crippen LogP contribution < -0.4 is 0 Å². The Morgan fingerprint density at radius 1 is 1.32 bits per heavy atom. The summed E-state index contributed by atoms with van der Waals surface area (Å²) < 4.78 is 2.06. The van der Waals surface area contributed by atoms with Gasteiger partial charge in [-0.2, -0.15) is 0 Å². The van der Waals surface area contributed by atoms with E-state index >= 15 is 0 Å². The number of fused-ring (bicyclic) bond motifs is 2. The Kier molecular flexibility index (Phi) is 2.92. The van der Waals surface area contributed by atoms with Crippen LogP contribution >= 0.6 is 0 Å². The predicted octanol–water partition coefficient (Wildman–Crippen LogP) is 1.69. The van der Waals surface area contributed by atoms with E-state index in [-0.39, 0.29) is 11.7 Å². The molecular weight excluding hydrogens is 280 g/mol. The first-order chi connectivity index (χ1) is 10.6. The minimum absolute atomic E-state index is 0.0438. The summed E-state index contributed by atoms with van der Waals surface area (Å²) in [6, 6.07) is 0. The molecule has 0 saturated carbocycles. The molecule has 114 valence electrons.